The average molecular weight is 239 g/mol. The van der Waals surface area contributed by atoms with Gasteiger partial charge in [0.2, 0.25) is 0 Å². The Labute approximate surface area is 91.4 Å². The van der Waals surface area contributed by atoms with E-state index in [2.05, 4.69) is 15.3 Å². The van der Waals surface area contributed by atoms with Gasteiger partial charge in [-0.15, -0.1) is 0 Å². The summed E-state index contributed by atoms with van der Waals surface area (Å²) in [6.45, 7) is 2.39. The molecule has 0 aromatic rings. The molecule has 1 aliphatic heterocycles. The van der Waals surface area contributed by atoms with Gasteiger partial charge in [0.25, 0.3) is 0 Å². The number of alkyl halides is 2. The molecular weight excluding hydrogens is 224 g/mol. The monoisotopic (exact) mass is 239 g/mol. The highest BCUT2D eigenvalue weighted by Gasteiger charge is 2.20. The number of rotatable bonds is 3. The fourth-order valence-corrected chi connectivity index (χ4v) is 1.08. The molecule has 0 aromatic carbocycles. The smallest absolute Gasteiger partial charge is 0.371 e. The summed E-state index contributed by atoms with van der Waals surface area (Å²) in [5.74, 6) is -1.70. The van der Waals surface area contributed by atoms with Gasteiger partial charge in [-0.3, -0.25) is 0 Å². The molecule has 6 nitrogen and oxygen atoms in total. The maximum atomic E-state index is 10.6. The zero-order valence-corrected chi connectivity index (χ0v) is 8.82. The Hall–Kier alpha value is -1.28. The van der Waals surface area contributed by atoms with Crippen molar-refractivity contribution in [3.63, 3.8) is 0 Å². The van der Waals surface area contributed by atoms with Gasteiger partial charge in [0.05, 0.1) is 5.71 Å². The average Bonchev–Trinajstić information content (AvgIpc) is 2.66. The summed E-state index contributed by atoms with van der Waals surface area (Å²) < 4.78 is 21.1. The number of nitrogens with two attached hydrogens (primary N) is 1. The molecule has 0 amide bonds. The van der Waals surface area contributed by atoms with Crippen LogP contribution >= 0.6 is 0 Å². The molecule has 1 heterocycles. The maximum absolute atomic E-state index is 10.6. The number of carboxylic acid groups (broad SMARTS) is 1. The van der Waals surface area contributed by atoms with Crippen molar-refractivity contribution in [1.29, 1.82) is 0 Å². The molecule has 1 unspecified atom stereocenters. The van der Waals surface area contributed by atoms with E-state index in [1.807, 2.05) is 0 Å². The third kappa shape index (κ3) is 5.56. The van der Waals surface area contributed by atoms with Gasteiger partial charge in [-0.25, -0.2) is 4.79 Å². The minimum Gasteiger partial charge on any atom is -0.477 e. The number of aliphatic carboxylic acids is 1. The number of nitrogens with one attached hydrogen (secondary N) is 1. The van der Waals surface area contributed by atoms with Gasteiger partial charge in [0, 0.05) is 25.6 Å². The molecule has 1 fully saturated rings. The Morgan fingerprint density at radius 1 is 1.81 bits per heavy atom. The first-order valence-electron chi connectivity index (χ1n) is 4.54. The van der Waals surface area contributed by atoms with Crippen molar-refractivity contribution in [3.8, 4) is 0 Å². The molecule has 0 radical (unpaired) electrons. The Kier molecular flexibility index (Phi) is 7.31. The second-order valence-corrected chi connectivity index (χ2v) is 2.97. The Morgan fingerprint density at radius 3 is 2.75 bits per heavy atom. The van der Waals surface area contributed by atoms with E-state index < -0.39 is 12.4 Å². The first-order chi connectivity index (χ1) is 7.52. The van der Waals surface area contributed by atoms with Crippen LogP contribution in [0.1, 0.15) is 0 Å². The van der Waals surface area contributed by atoms with Crippen LogP contribution in [0.25, 0.3) is 0 Å². The van der Waals surface area contributed by atoms with E-state index in [-0.39, 0.29) is 0 Å². The first kappa shape index (κ1) is 14.7. The number of halogens is 2. The van der Waals surface area contributed by atoms with Crippen molar-refractivity contribution in [2.24, 2.45) is 16.8 Å². The van der Waals surface area contributed by atoms with E-state index in [4.69, 9.17) is 15.6 Å². The van der Waals surface area contributed by atoms with Crippen LogP contribution in [0.2, 0.25) is 0 Å². The number of hydrogen-bond acceptors (Lipinski definition) is 5. The predicted molar refractivity (Wildman–Crippen MR) is 53.5 cm³/mol. The molecular formula is C8H15F2N3O3. The largest absolute Gasteiger partial charge is 0.477 e. The van der Waals surface area contributed by atoms with Crippen LogP contribution < -0.4 is 11.1 Å². The summed E-state index contributed by atoms with van der Waals surface area (Å²) in [6.07, 6.45) is -3.23. The topological polar surface area (TPSA) is 96.9 Å². The van der Waals surface area contributed by atoms with Gasteiger partial charge in [0.15, 0.2) is 0 Å². The van der Waals surface area contributed by atoms with Crippen molar-refractivity contribution in [2.45, 2.75) is 6.43 Å². The van der Waals surface area contributed by atoms with Gasteiger partial charge in [-0.2, -0.15) is 8.78 Å². The molecule has 94 valence electrons. The van der Waals surface area contributed by atoms with Gasteiger partial charge < -0.3 is 21.0 Å². The summed E-state index contributed by atoms with van der Waals surface area (Å²) in [5, 5.41) is 14.3. The van der Waals surface area contributed by atoms with Gasteiger partial charge >= 0.3 is 12.4 Å². The molecule has 8 heteroatoms. The second kappa shape index (κ2) is 7.94. The Morgan fingerprint density at radius 2 is 2.38 bits per heavy atom. The van der Waals surface area contributed by atoms with Crippen molar-refractivity contribution in [2.75, 3.05) is 26.7 Å². The molecule has 0 aliphatic carbocycles. The minimum absolute atomic E-state index is 0.375. The highest BCUT2D eigenvalue weighted by Crippen LogP contribution is 2.02. The van der Waals surface area contributed by atoms with E-state index in [1.54, 1.807) is 7.11 Å². The van der Waals surface area contributed by atoms with Gasteiger partial charge in [-0.05, 0) is 0 Å². The number of carbonyl (C=O) groups is 1. The lowest BCUT2D eigenvalue weighted by Crippen LogP contribution is -2.22. The zero-order chi connectivity index (χ0) is 12.6. The van der Waals surface area contributed by atoms with Crippen LogP contribution in [0.15, 0.2) is 5.16 Å². The maximum Gasteiger partial charge on any atom is 0.371 e. The number of carboxylic acids is 1. The summed E-state index contributed by atoms with van der Waals surface area (Å²) in [6, 6.07) is 0. The van der Waals surface area contributed by atoms with Crippen LogP contribution in [0.5, 0.6) is 0 Å². The lowest BCUT2D eigenvalue weighted by Gasteiger charge is -2.03. The predicted octanol–water partition coefficient (Wildman–Crippen LogP) is -0.497. The lowest BCUT2D eigenvalue weighted by molar-refractivity contribution is -0.149. The Bertz CT molecular complexity index is 249. The Balaban J connectivity index is 0.000000325. The first-order valence-corrected chi connectivity index (χ1v) is 4.54. The standard InChI is InChI=1S/C6H13N3O.C2H2F2O2/c1-10-9-6-4-8-3-5(6)2-7;3-1(4)2(5)6/h5,8H,2-4,7H2,1H3;1H,(H,5,6). The van der Waals surface area contributed by atoms with Crippen LogP contribution in [0, 0.1) is 5.92 Å². The fourth-order valence-electron chi connectivity index (χ4n) is 1.08. The van der Waals surface area contributed by atoms with Crippen molar-refractivity contribution in [3.05, 3.63) is 0 Å². The normalized spacial score (nSPS) is 21.8. The van der Waals surface area contributed by atoms with E-state index >= 15 is 0 Å². The molecule has 16 heavy (non-hydrogen) atoms. The molecule has 1 atom stereocenters. The van der Waals surface area contributed by atoms with E-state index in [1.165, 1.54) is 0 Å². The van der Waals surface area contributed by atoms with Gasteiger partial charge in [-0.1, -0.05) is 5.16 Å². The fraction of sp³-hybridized carbons (Fsp3) is 0.750. The quantitative estimate of drug-likeness (QED) is 0.577. The number of hydrogen-bond donors (Lipinski definition) is 3. The van der Waals surface area contributed by atoms with Crippen LogP contribution in [0.4, 0.5) is 8.78 Å². The molecule has 0 aromatic heterocycles. The molecule has 1 rings (SSSR count). The second-order valence-electron chi connectivity index (χ2n) is 2.97. The van der Waals surface area contributed by atoms with Crippen molar-refractivity contribution in [1.82, 2.24) is 5.32 Å². The van der Waals surface area contributed by atoms with Crippen LogP contribution in [-0.4, -0.2) is 50.0 Å². The molecule has 1 aliphatic rings. The van der Waals surface area contributed by atoms with Crippen molar-refractivity contribution < 1.29 is 23.5 Å². The van der Waals surface area contributed by atoms with Crippen LogP contribution in [-0.2, 0) is 9.63 Å². The number of oxime groups is 1. The van der Waals surface area contributed by atoms with E-state index in [0.717, 1.165) is 18.8 Å². The molecule has 1 saturated heterocycles. The summed E-state index contributed by atoms with van der Waals surface area (Å²) in [4.78, 5) is 13.6. The molecule has 0 saturated carbocycles. The molecule has 0 spiro atoms. The van der Waals surface area contributed by atoms with Gasteiger partial charge in [0.1, 0.15) is 7.11 Å². The third-order valence-electron chi connectivity index (χ3n) is 1.85. The molecule has 4 N–H and O–H groups in total. The van der Waals surface area contributed by atoms with Crippen LogP contribution in [0.3, 0.4) is 0 Å². The highest BCUT2D eigenvalue weighted by molar-refractivity contribution is 5.90. The summed E-state index contributed by atoms with van der Waals surface area (Å²) in [5.41, 5.74) is 6.51. The SMILES string of the molecule is CON=C1CNCC1CN.O=C(O)C(F)F. The van der Waals surface area contributed by atoms with Crippen molar-refractivity contribution >= 4 is 11.7 Å². The zero-order valence-electron chi connectivity index (χ0n) is 8.82. The highest BCUT2D eigenvalue weighted by atomic mass is 19.3. The number of nitrogens with zero attached hydrogens (tertiary/aromatic N) is 1. The van der Waals surface area contributed by atoms with E-state index in [9.17, 15) is 8.78 Å². The van der Waals surface area contributed by atoms with E-state index in [0.29, 0.717) is 12.5 Å². The minimum atomic E-state index is -3.23. The molecule has 0 bridgehead atoms. The summed E-state index contributed by atoms with van der Waals surface area (Å²) in [7, 11) is 1.55. The summed E-state index contributed by atoms with van der Waals surface area (Å²) >= 11 is 0. The lowest BCUT2D eigenvalue weighted by atomic mass is 10.1. The third-order valence-corrected chi connectivity index (χ3v) is 1.85.